The van der Waals surface area contributed by atoms with Crippen molar-refractivity contribution in [2.75, 3.05) is 0 Å². The van der Waals surface area contributed by atoms with E-state index in [-0.39, 0.29) is 5.97 Å². The number of pyridine rings is 1. The second-order valence-electron chi connectivity index (χ2n) is 4.91. The summed E-state index contributed by atoms with van der Waals surface area (Å²) < 4.78 is 5.63. The Balaban J connectivity index is 1.93. The van der Waals surface area contributed by atoms with Crippen LogP contribution in [0.5, 0.6) is 0 Å². The number of hydrogen-bond donors (Lipinski definition) is 0. The molecule has 0 aliphatic heterocycles. The molecule has 0 saturated heterocycles. The molecular weight excluding hydrogens is 286 g/mol. The van der Waals surface area contributed by atoms with Crippen LogP contribution in [0.2, 0.25) is 0 Å². The van der Waals surface area contributed by atoms with Crippen molar-refractivity contribution in [1.82, 2.24) is 4.98 Å². The molecule has 2 aromatic carbocycles. The van der Waals surface area contributed by atoms with Crippen molar-refractivity contribution in [1.29, 1.82) is 0 Å². The van der Waals surface area contributed by atoms with Crippen LogP contribution >= 0.6 is 0 Å². The molecule has 0 bridgehead atoms. The van der Waals surface area contributed by atoms with Gasteiger partial charge >= 0.3 is 5.97 Å². The molecule has 0 fully saturated rings. The van der Waals surface area contributed by atoms with Crippen LogP contribution in [0.1, 0.15) is 21.5 Å². The fourth-order valence-electron chi connectivity index (χ4n) is 2.12. The summed E-state index contributed by atoms with van der Waals surface area (Å²) in [5.41, 5.74) is 2.28. The minimum atomic E-state index is -0.380. The van der Waals surface area contributed by atoms with Gasteiger partial charge in [0.15, 0.2) is 0 Å². The summed E-state index contributed by atoms with van der Waals surface area (Å²) in [6, 6.07) is 22.2. The van der Waals surface area contributed by atoms with E-state index in [2.05, 4.69) is 4.98 Å². The van der Waals surface area contributed by atoms with Gasteiger partial charge in [0.25, 0.3) is 0 Å². The number of rotatable bonds is 4. The highest BCUT2D eigenvalue weighted by molar-refractivity contribution is 5.95. The van der Waals surface area contributed by atoms with Gasteiger partial charge in [-0.3, -0.25) is 4.98 Å². The maximum Gasteiger partial charge on any atom is 0.343 e. The molecule has 0 radical (unpaired) electrons. The quantitative estimate of drug-likeness (QED) is 0.528. The third-order valence-corrected chi connectivity index (χ3v) is 3.27. The van der Waals surface area contributed by atoms with Gasteiger partial charge in [-0.25, -0.2) is 4.79 Å². The number of esters is 1. The smallest absolute Gasteiger partial charge is 0.343 e. The van der Waals surface area contributed by atoms with E-state index in [4.69, 9.17) is 4.74 Å². The molecule has 0 atom stereocenters. The molecule has 3 nitrogen and oxygen atoms in total. The third-order valence-electron chi connectivity index (χ3n) is 3.27. The molecule has 1 heterocycles. The molecule has 0 aliphatic rings. The summed E-state index contributed by atoms with van der Waals surface area (Å²) >= 11 is 0. The first kappa shape index (κ1) is 14.7. The highest BCUT2D eigenvalue weighted by Gasteiger charge is 2.11. The average molecular weight is 301 g/mol. The number of benzene rings is 2. The van der Waals surface area contributed by atoms with E-state index in [9.17, 15) is 4.79 Å². The lowest BCUT2D eigenvalue weighted by molar-refractivity contribution is 0.0693. The number of aromatic nitrogens is 1. The van der Waals surface area contributed by atoms with Gasteiger partial charge in [0.05, 0.1) is 5.56 Å². The zero-order chi connectivity index (χ0) is 15.9. The Morgan fingerprint density at radius 2 is 1.35 bits per heavy atom. The Bertz CT molecular complexity index is 797. The van der Waals surface area contributed by atoms with E-state index in [1.54, 1.807) is 24.5 Å². The van der Waals surface area contributed by atoms with Crippen molar-refractivity contribution in [3.63, 3.8) is 0 Å². The number of ether oxygens (including phenoxy) is 1. The first-order valence-electron chi connectivity index (χ1n) is 7.27. The van der Waals surface area contributed by atoms with Gasteiger partial charge in [0.1, 0.15) is 5.76 Å². The fourth-order valence-corrected chi connectivity index (χ4v) is 2.12. The summed E-state index contributed by atoms with van der Waals surface area (Å²) in [4.78, 5) is 16.3. The summed E-state index contributed by atoms with van der Waals surface area (Å²) in [5, 5.41) is 0. The number of nitrogens with zero attached hydrogens (tertiary/aromatic N) is 1. The zero-order valence-electron chi connectivity index (χ0n) is 12.4. The van der Waals surface area contributed by atoms with Crippen LogP contribution in [0.3, 0.4) is 0 Å². The van der Waals surface area contributed by atoms with Gasteiger partial charge in [-0.2, -0.15) is 0 Å². The summed E-state index contributed by atoms with van der Waals surface area (Å²) in [5.74, 6) is 0.125. The first-order valence-corrected chi connectivity index (χ1v) is 7.27. The maximum atomic E-state index is 12.3. The molecular formula is C20H15NO2. The predicted octanol–water partition coefficient (Wildman–Crippen LogP) is 4.44. The van der Waals surface area contributed by atoms with E-state index in [0.717, 1.165) is 11.1 Å². The lowest BCUT2D eigenvalue weighted by Gasteiger charge is -2.09. The Labute approximate surface area is 134 Å². The lowest BCUT2D eigenvalue weighted by Crippen LogP contribution is -2.04. The highest BCUT2D eigenvalue weighted by Crippen LogP contribution is 2.21. The van der Waals surface area contributed by atoms with Crippen LogP contribution in [-0.4, -0.2) is 11.0 Å². The molecule has 0 spiro atoms. The molecule has 3 heteroatoms. The van der Waals surface area contributed by atoms with Crippen LogP contribution < -0.4 is 0 Å². The molecule has 0 saturated carbocycles. The zero-order valence-corrected chi connectivity index (χ0v) is 12.4. The Hall–Kier alpha value is -3.20. The molecule has 1 aromatic heterocycles. The standard InChI is InChI=1S/C20H15NO2/c22-20(18-9-5-2-6-10-18)23-19(17-7-3-1-4-8-17)15-16-11-13-21-14-12-16/h1-15H/b19-15-. The van der Waals surface area contributed by atoms with E-state index < -0.39 is 0 Å². The van der Waals surface area contributed by atoms with E-state index in [1.165, 1.54) is 0 Å². The van der Waals surface area contributed by atoms with Crippen molar-refractivity contribution >= 4 is 17.8 Å². The number of hydrogen-bond acceptors (Lipinski definition) is 3. The van der Waals surface area contributed by atoms with Crippen LogP contribution in [0, 0.1) is 0 Å². The monoisotopic (exact) mass is 301 g/mol. The van der Waals surface area contributed by atoms with Gasteiger partial charge in [-0.15, -0.1) is 0 Å². The van der Waals surface area contributed by atoms with Crippen LogP contribution in [0.15, 0.2) is 85.2 Å². The molecule has 0 aliphatic carbocycles. The van der Waals surface area contributed by atoms with Gasteiger partial charge in [-0.05, 0) is 35.9 Å². The van der Waals surface area contributed by atoms with Gasteiger partial charge in [-0.1, -0.05) is 48.5 Å². The lowest BCUT2D eigenvalue weighted by atomic mass is 10.1. The summed E-state index contributed by atoms with van der Waals surface area (Å²) in [6.45, 7) is 0. The van der Waals surface area contributed by atoms with E-state index >= 15 is 0 Å². The van der Waals surface area contributed by atoms with E-state index in [0.29, 0.717) is 11.3 Å². The average Bonchev–Trinajstić information content (AvgIpc) is 2.63. The van der Waals surface area contributed by atoms with Crippen LogP contribution in [-0.2, 0) is 4.74 Å². The molecule has 23 heavy (non-hydrogen) atoms. The molecule has 112 valence electrons. The van der Waals surface area contributed by atoms with Gasteiger partial charge in [0.2, 0.25) is 0 Å². The molecule has 0 unspecified atom stereocenters. The van der Waals surface area contributed by atoms with Gasteiger partial charge in [0, 0.05) is 18.0 Å². The molecule has 3 rings (SSSR count). The fraction of sp³-hybridized carbons (Fsp3) is 0. The van der Waals surface area contributed by atoms with Crippen molar-refractivity contribution in [2.24, 2.45) is 0 Å². The first-order chi connectivity index (χ1) is 11.3. The second-order valence-corrected chi connectivity index (χ2v) is 4.91. The third kappa shape index (κ3) is 3.92. The molecule has 0 amide bonds. The number of carbonyl (C=O) groups is 1. The second kappa shape index (κ2) is 7.18. The maximum absolute atomic E-state index is 12.3. The normalized spacial score (nSPS) is 11.0. The van der Waals surface area contributed by atoms with Crippen molar-refractivity contribution < 1.29 is 9.53 Å². The van der Waals surface area contributed by atoms with Crippen molar-refractivity contribution in [3.05, 3.63) is 102 Å². The van der Waals surface area contributed by atoms with Crippen LogP contribution in [0.25, 0.3) is 11.8 Å². The van der Waals surface area contributed by atoms with E-state index in [1.807, 2.05) is 66.7 Å². The summed E-state index contributed by atoms with van der Waals surface area (Å²) in [6.07, 6.45) is 5.23. The molecule has 3 aromatic rings. The molecule has 0 N–H and O–H groups in total. The predicted molar refractivity (Wildman–Crippen MR) is 90.4 cm³/mol. The summed E-state index contributed by atoms with van der Waals surface area (Å²) in [7, 11) is 0. The van der Waals surface area contributed by atoms with Crippen LogP contribution in [0.4, 0.5) is 0 Å². The number of carbonyl (C=O) groups excluding carboxylic acids is 1. The Kier molecular flexibility index (Phi) is 4.60. The Morgan fingerprint density at radius 1 is 0.783 bits per heavy atom. The minimum absolute atomic E-state index is 0.380. The van der Waals surface area contributed by atoms with Crippen molar-refractivity contribution in [3.8, 4) is 0 Å². The highest BCUT2D eigenvalue weighted by atomic mass is 16.5. The largest absolute Gasteiger partial charge is 0.422 e. The topological polar surface area (TPSA) is 39.2 Å². The van der Waals surface area contributed by atoms with Crippen molar-refractivity contribution in [2.45, 2.75) is 0 Å². The minimum Gasteiger partial charge on any atom is -0.422 e. The van der Waals surface area contributed by atoms with Gasteiger partial charge < -0.3 is 4.74 Å². The SMILES string of the molecule is O=C(O/C(=C\c1ccncc1)c1ccccc1)c1ccccc1. The Morgan fingerprint density at radius 3 is 1.96 bits per heavy atom.